The Balaban J connectivity index is 1.67. The summed E-state index contributed by atoms with van der Waals surface area (Å²) in [7, 11) is 0. The molecule has 1 amide bonds. The minimum absolute atomic E-state index is 0.0730. The van der Waals surface area contributed by atoms with Crippen LogP contribution < -0.4 is 10.6 Å². The Morgan fingerprint density at radius 2 is 2.33 bits per heavy atom. The third kappa shape index (κ3) is 3.63. The van der Waals surface area contributed by atoms with Gasteiger partial charge in [-0.3, -0.25) is 9.78 Å². The number of aromatic nitrogens is 2. The number of hydrogen-bond acceptors (Lipinski definition) is 4. The van der Waals surface area contributed by atoms with E-state index in [4.69, 9.17) is 0 Å². The third-order valence-corrected chi connectivity index (χ3v) is 2.25. The van der Waals surface area contributed by atoms with Crippen LogP contribution in [0.5, 0.6) is 0 Å². The van der Waals surface area contributed by atoms with Gasteiger partial charge in [-0.15, -0.1) is 0 Å². The molecule has 1 saturated carbocycles. The number of rotatable bonds is 5. The topological polar surface area (TPSA) is 66.9 Å². The molecule has 0 aliphatic heterocycles. The first-order chi connectivity index (χ1) is 7.34. The Labute approximate surface area is 88.3 Å². The van der Waals surface area contributed by atoms with E-state index < -0.39 is 0 Å². The van der Waals surface area contributed by atoms with Gasteiger partial charge < -0.3 is 10.6 Å². The Bertz CT molecular complexity index is 323. The van der Waals surface area contributed by atoms with Crippen molar-refractivity contribution >= 4 is 11.7 Å². The van der Waals surface area contributed by atoms with E-state index in [2.05, 4.69) is 20.6 Å². The average molecular weight is 206 g/mol. The van der Waals surface area contributed by atoms with Crippen molar-refractivity contribution in [3.63, 3.8) is 0 Å². The highest BCUT2D eigenvalue weighted by atomic mass is 16.1. The van der Waals surface area contributed by atoms with E-state index in [1.807, 2.05) is 0 Å². The Morgan fingerprint density at radius 3 is 3.00 bits per heavy atom. The third-order valence-electron chi connectivity index (χ3n) is 2.25. The van der Waals surface area contributed by atoms with E-state index in [0.29, 0.717) is 12.4 Å². The normalized spacial score (nSPS) is 14.9. The Morgan fingerprint density at radius 1 is 1.47 bits per heavy atom. The van der Waals surface area contributed by atoms with Crippen LogP contribution in [0, 0.1) is 5.92 Å². The summed E-state index contributed by atoms with van der Waals surface area (Å²) in [6.07, 6.45) is 7.23. The Hall–Kier alpha value is -1.49. The molecule has 15 heavy (non-hydrogen) atoms. The smallest absolute Gasteiger partial charge is 0.239 e. The molecule has 0 bridgehead atoms. The molecule has 0 unspecified atom stereocenters. The van der Waals surface area contributed by atoms with E-state index in [-0.39, 0.29) is 5.91 Å². The fourth-order valence-corrected chi connectivity index (χ4v) is 1.26. The van der Waals surface area contributed by atoms with E-state index >= 15 is 0 Å². The summed E-state index contributed by atoms with van der Waals surface area (Å²) in [5, 5.41) is 5.77. The minimum atomic E-state index is -0.0730. The van der Waals surface area contributed by atoms with Crippen LogP contribution in [0.25, 0.3) is 0 Å². The predicted molar refractivity (Wildman–Crippen MR) is 56.3 cm³/mol. The van der Waals surface area contributed by atoms with E-state index in [1.54, 1.807) is 12.4 Å². The first-order valence-corrected chi connectivity index (χ1v) is 5.11. The summed E-state index contributed by atoms with van der Waals surface area (Å²) < 4.78 is 0. The molecule has 0 atom stereocenters. The van der Waals surface area contributed by atoms with Gasteiger partial charge in [0.2, 0.25) is 5.91 Å². The van der Waals surface area contributed by atoms with Crippen molar-refractivity contribution in [1.82, 2.24) is 15.3 Å². The van der Waals surface area contributed by atoms with Crippen LogP contribution in [0.1, 0.15) is 12.8 Å². The molecule has 0 aromatic carbocycles. The van der Waals surface area contributed by atoms with Gasteiger partial charge in [0.05, 0.1) is 12.7 Å². The van der Waals surface area contributed by atoms with Gasteiger partial charge in [-0.2, -0.15) is 0 Å². The molecule has 2 rings (SSSR count). The first-order valence-electron chi connectivity index (χ1n) is 5.11. The SMILES string of the molecule is O=C(CNCC1CC1)Nc1cnccn1. The van der Waals surface area contributed by atoms with Gasteiger partial charge in [-0.1, -0.05) is 0 Å². The molecule has 1 heterocycles. The lowest BCUT2D eigenvalue weighted by atomic mass is 10.4. The summed E-state index contributed by atoms with van der Waals surface area (Å²) in [5.41, 5.74) is 0. The summed E-state index contributed by atoms with van der Waals surface area (Å²) in [4.78, 5) is 19.2. The number of carbonyl (C=O) groups excluding carboxylic acids is 1. The molecule has 1 aliphatic carbocycles. The van der Waals surface area contributed by atoms with Crippen LogP contribution in [0.2, 0.25) is 0 Å². The highest BCUT2D eigenvalue weighted by molar-refractivity contribution is 5.91. The van der Waals surface area contributed by atoms with Crippen molar-refractivity contribution in [2.75, 3.05) is 18.4 Å². The molecule has 2 N–H and O–H groups in total. The second-order valence-corrected chi connectivity index (χ2v) is 3.71. The molecule has 5 nitrogen and oxygen atoms in total. The van der Waals surface area contributed by atoms with Crippen LogP contribution in [0.3, 0.4) is 0 Å². The molecule has 1 aromatic heterocycles. The van der Waals surface area contributed by atoms with Crippen molar-refractivity contribution in [2.45, 2.75) is 12.8 Å². The quantitative estimate of drug-likeness (QED) is 0.732. The van der Waals surface area contributed by atoms with Gasteiger partial charge in [-0.05, 0) is 25.3 Å². The lowest BCUT2D eigenvalue weighted by Gasteiger charge is -2.04. The summed E-state index contributed by atoms with van der Waals surface area (Å²) in [5.74, 6) is 1.21. The highest BCUT2D eigenvalue weighted by Crippen LogP contribution is 2.27. The zero-order valence-corrected chi connectivity index (χ0v) is 8.44. The second kappa shape index (κ2) is 4.84. The maximum absolute atomic E-state index is 11.4. The van der Waals surface area contributed by atoms with Crippen molar-refractivity contribution in [3.05, 3.63) is 18.6 Å². The summed E-state index contributed by atoms with van der Waals surface area (Å²) >= 11 is 0. The molecular formula is C10H14N4O. The lowest BCUT2D eigenvalue weighted by Crippen LogP contribution is -2.29. The monoisotopic (exact) mass is 206 g/mol. The first kappa shape index (κ1) is 10.0. The van der Waals surface area contributed by atoms with Crippen molar-refractivity contribution in [2.24, 2.45) is 5.92 Å². The van der Waals surface area contributed by atoms with Gasteiger partial charge in [0.25, 0.3) is 0 Å². The van der Waals surface area contributed by atoms with Crippen molar-refractivity contribution in [1.29, 1.82) is 0 Å². The molecular weight excluding hydrogens is 192 g/mol. The van der Waals surface area contributed by atoms with Crippen LogP contribution >= 0.6 is 0 Å². The number of hydrogen-bond donors (Lipinski definition) is 2. The van der Waals surface area contributed by atoms with Crippen LogP contribution in [0.4, 0.5) is 5.82 Å². The van der Waals surface area contributed by atoms with E-state index in [0.717, 1.165) is 12.5 Å². The van der Waals surface area contributed by atoms with Crippen LogP contribution in [0.15, 0.2) is 18.6 Å². The second-order valence-electron chi connectivity index (χ2n) is 3.71. The fraction of sp³-hybridized carbons (Fsp3) is 0.500. The minimum Gasteiger partial charge on any atom is -0.308 e. The molecule has 1 aliphatic rings. The number of amides is 1. The Kier molecular flexibility index (Phi) is 3.24. The largest absolute Gasteiger partial charge is 0.308 e. The van der Waals surface area contributed by atoms with Crippen molar-refractivity contribution in [3.8, 4) is 0 Å². The van der Waals surface area contributed by atoms with Gasteiger partial charge in [-0.25, -0.2) is 4.98 Å². The molecule has 0 saturated heterocycles. The summed E-state index contributed by atoms with van der Waals surface area (Å²) in [6.45, 7) is 1.28. The fourth-order valence-electron chi connectivity index (χ4n) is 1.26. The average Bonchev–Trinajstić information content (AvgIpc) is 3.03. The molecule has 1 aromatic rings. The number of nitrogens with one attached hydrogen (secondary N) is 2. The van der Waals surface area contributed by atoms with Crippen molar-refractivity contribution < 1.29 is 4.79 Å². The lowest BCUT2D eigenvalue weighted by molar-refractivity contribution is -0.115. The number of nitrogens with zero attached hydrogens (tertiary/aromatic N) is 2. The molecule has 0 spiro atoms. The van der Waals surface area contributed by atoms with Crippen LogP contribution in [-0.4, -0.2) is 29.0 Å². The zero-order valence-electron chi connectivity index (χ0n) is 8.44. The van der Waals surface area contributed by atoms with Crippen LogP contribution in [-0.2, 0) is 4.79 Å². The van der Waals surface area contributed by atoms with E-state index in [1.165, 1.54) is 19.0 Å². The molecule has 1 fully saturated rings. The van der Waals surface area contributed by atoms with Gasteiger partial charge in [0.1, 0.15) is 0 Å². The summed E-state index contributed by atoms with van der Waals surface area (Å²) in [6, 6.07) is 0. The van der Waals surface area contributed by atoms with Gasteiger partial charge in [0, 0.05) is 12.4 Å². The number of carbonyl (C=O) groups is 1. The maximum atomic E-state index is 11.4. The maximum Gasteiger partial charge on any atom is 0.239 e. The number of anilines is 1. The molecule has 0 radical (unpaired) electrons. The predicted octanol–water partition coefficient (Wildman–Crippen LogP) is 0.415. The van der Waals surface area contributed by atoms with E-state index in [9.17, 15) is 4.79 Å². The van der Waals surface area contributed by atoms with Gasteiger partial charge in [0.15, 0.2) is 5.82 Å². The van der Waals surface area contributed by atoms with Gasteiger partial charge >= 0.3 is 0 Å². The highest BCUT2D eigenvalue weighted by Gasteiger charge is 2.20. The molecule has 80 valence electrons. The zero-order chi connectivity index (χ0) is 10.5. The molecule has 5 heteroatoms. The standard InChI is InChI=1S/C10H14N4O/c15-10(7-12-5-8-1-2-8)14-9-6-11-3-4-13-9/h3-4,6,8,12H,1-2,5,7H2,(H,13,14,15).